The van der Waals surface area contributed by atoms with Crippen LogP contribution in [0.1, 0.15) is 13.7 Å². The van der Waals surface area contributed by atoms with E-state index in [4.69, 9.17) is 13.7 Å². The molecular formula is C46H28S. The van der Waals surface area contributed by atoms with Gasteiger partial charge in [0.1, 0.15) is 0 Å². The Labute approximate surface area is 292 Å². The molecule has 0 unspecified atom stereocenters. The second-order valence-corrected chi connectivity index (χ2v) is 12.7. The Morgan fingerprint density at radius 3 is 1.85 bits per heavy atom. The maximum atomic E-state index is 9.11. The van der Waals surface area contributed by atoms with Gasteiger partial charge in [0.2, 0.25) is 0 Å². The summed E-state index contributed by atoms with van der Waals surface area (Å²) in [4.78, 5) is 2.30. The smallest absolute Gasteiger partial charge is 0.0629 e. The molecule has 1 aliphatic rings. The fourth-order valence-corrected chi connectivity index (χ4v) is 8.43. The molecule has 1 heterocycles. The molecule has 0 spiro atoms. The van der Waals surface area contributed by atoms with Gasteiger partial charge in [0.05, 0.1) is 13.7 Å². The minimum Gasteiger partial charge on any atom is -0.0888 e. The quantitative estimate of drug-likeness (QED) is 0.140. The molecule has 0 amide bonds. The van der Waals surface area contributed by atoms with E-state index in [0.717, 1.165) is 43.3 Å². The molecule has 0 nitrogen and oxygen atoms in total. The third-order valence-electron chi connectivity index (χ3n) is 9.21. The third kappa shape index (κ3) is 4.03. The van der Waals surface area contributed by atoms with Gasteiger partial charge in [-0.1, -0.05) is 163 Å². The number of rotatable bonds is 3. The van der Waals surface area contributed by atoms with Crippen LogP contribution in [0, 0.1) is 0 Å². The summed E-state index contributed by atoms with van der Waals surface area (Å²) in [5.74, 6) is 0. The highest BCUT2D eigenvalue weighted by Crippen LogP contribution is 2.51. The van der Waals surface area contributed by atoms with Gasteiger partial charge in [-0.2, -0.15) is 0 Å². The lowest BCUT2D eigenvalue weighted by molar-refractivity contribution is 1.40. The van der Waals surface area contributed by atoms with Crippen LogP contribution in [0.15, 0.2) is 179 Å². The van der Waals surface area contributed by atoms with Crippen LogP contribution >= 0.6 is 11.8 Å². The van der Waals surface area contributed by atoms with Crippen molar-refractivity contribution in [3.8, 4) is 44.5 Å². The monoisotopic (exact) mass is 622 g/mol. The molecule has 0 saturated carbocycles. The van der Waals surface area contributed by atoms with E-state index in [1.807, 2.05) is 48.5 Å². The van der Waals surface area contributed by atoms with Gasteiger partial charge in [0.15, 0.2) is 0 Å². The topological polar surface area (TPSA) is 0 Å². The zero-order valence-electron chi connectivity index (χ0n) is 34.8. The minimum atomic E-state index is -0.476. The summed E-state index contributed by atoms with van der Waals surface area (Å²) in [6, 6.07) is 32.1. The summed E-state index contributed by atoms with van der Waals surface area (Å²) < 4.78 is 86.7. The zero-order valence-corrected chi connectivity index (χ0v) is 25.6. The highest BCUT2D eigenvalue weighted by atomic mass is 32.2. The average Bonchev–Trinajstić information content (AvgIpc) is 3.23. The molecule has 0 aliphatic carbocycles. The Balaban J connectivity index is 1.39. The van der Waals surface area contributed by atoms with E-state index in [-0.39, 0.29) is 35.3 Å². The zero-order chi connectivity index (χ0) is 39.6. The molecule has 0 radical (unpaired) electrons. The summed E-state index contributed by atoms with van der Waals surface area (Å²) in [7, 11) is 0. The Morgan fingerprint density at radius 1 is 0.383 bits per heavy atom. The molecule has 47 heavy (non-hydrogen) atoms. The van der Waals surface area contributed by atoms with Gasteiger partial charge < -0.3 is 0 Å². The minimum absolute atomic E-state index is 0.0803. The summed E-state index contributed by atoms with van der Waals surface area (Å²) >= 11 is 1.73. The van der Waals surface area contributed by atoms with E-state index in [9.17, 15) is 0 Å². The molecule has 10 rings (SSSR count). The van der Waals surface area contributed by atoms with Gasteiger partial charge in [-0.15, -0.1) is 0 Å². The second kappa shape index (κ2) is 10.5. The number of benzene rings is 9. The van der Waals surface area contributed by atoms with Gasteiger partial charge in [-0.05, 0) is 100 Å². The molecule has 0 N–H and O–H groups in total. The van der Waals surface area contributed by atoms with Crippen molar-refractivity contribution in [2.45, 2.75) is 9.79 Å². The lowest BCUT2D eigenvalue weighted by atomic mass is 9.82. The fourth-order valence-electron chi connectivity index (χ4n) is 7.30. The van der Waals surface area contributed by atoms with E-state index in [1.54, 1.807) is 17.8 Å². The average molecular weight is 623 g/mol. The predicted octanol–water partition coefficient (Wildman–Crippen LogP) is 13.4. The van der Waals surface area contributed by atoms with Crippen LogP contribution in [0.25, 0.3) is 87.6 Å². The highest BCUT2D eigenvalue weighted by molar-refractivity contribution is 7.99. The molecule has 0 atom stereocenters. The van der Waals surface area contributed by atoms with Crippen molar-refractivity contribution in [2.75, 3.05) is 0 Å². The molecule has 0 aromatic heterocycles. The molecule has 218 valence electrons. The van der Waals surface area contributed by atoms with Crippen molar-refractivity contribution in [1.29, 1.82) is 0 Å². The van der Waals surface area contributed by atoms with Crippen molar-refractivity contribution >= 4 is 54.9 Å². The van der Waals surface area contributed by atoms with Crippen LogP contribution in [0.5, 0.6) is 0 Å². The number of hydrogen-bond donors (Lipinski definition) is 0. The molecule has 9 aromatic rings. The maximum absolute atomic E-state index is 9.11. The van der Waals surface area contributed by atoms with Crippen LogP contribution in [-0.2, 0) is 0 Å². The van der Waals surface area contributed by atoms with Crippen LogP contribution in [0.3, 0.4) is 0 Å². The van der Waals surface area contributed by atoms with Gasteiger partial charge in [0, 0.05) is 15.2 Å². The van der Waals surface area contributed by atoms with Crippen molar-refractivity contribution in [3.05, 3.63) is 170 Å². The molecule has 1 heteroatoms. The molecule has 0 bridgehead atoms. The first kappa shape index (κ1) is 18.5. The van der Waals surface area contributed by atoms with Crippen LogP contribution in [-0.4, -0.2) is 0 Å². The van der Waals surface area contributed by atoms with Crippen LogP contribution in [0.2, 0.25) is 0 Å². The Kier molecular flexibility index (Phi) is 4.11. The van der Waals surface area contributed by atoms with Gasteiger partial charge >= 0.3 is 0 Å². The number of fused-ring (bicyclic) bond motifs is 6. The van der Waals surface area contributed by atoms with Crippen molar-refractivity contribution in [1.82, 2.24) is 0 Å². The first-order valence-corrected chi connectivity index (χ1v) is 16.2. The summed E-state index contributed by atoms with van der Waals surface area (Å²) in [5, 5.41) is 6.59. The van der Waals surface area contributed by atoms with E-state index < -0.39 is 36.3 Å². The maximum Gasteiger partial charge on any atom is 0.0629 e. The fraction of sp³-hybridized carbons (Fsp3) is 0. The first-order chi connectivity index (χ1) is 27.5. The Morgan fingerprint density at radius 2 is 1.04 bits per heavy atom. The SMILES string of the molecule is [2H]c1c([2H])c([2H])c(-c2cccc3c2ccc2c(-c4c([2H])c([2H])c([2H])c([2H])c4[2H])c4ccccc4c(-c4ccc5c(c4)-c4cccc6cccc(c46)S5)c23)c([2H])c1[2H]. The van der Waals surface area contributed by atoms with E-state index in [1.165, 1.54) is 10.3 Å². The molecule has 0 fully saturated rings. The van der Waals surface area contributed by atoms with Crippen molar-refractivity contribution in [3.63, 3.8) is 0 Å². The Hall–Kier alpha value is -5.63. The van der Waals surface area contributed by atoms with E-state index in [0.29, 0.717) is 32.7 Å². The molecule has 0 saturated heterocycles. The molecule has 1 aliphatic heterocycles. The molecular weight excluding hydrogens is 585 g/mol. The highest BCUT2D eigenvalue weighted by Gasteiger charge is 2.23. The normalized spacial score (nSPS) is 15.1. The molecule has 9 aromatic carbocycles. The lowest BCUT2D eigenvalue weighted by Crippen LogP contribution is -1.95. The van der Waals surface area contributed by atoms with Gasteiger partial charge in [0.25, 0.3) is 0 Å². The van der Waals surface area contributed by atoms with Crippen molar-refractivity contribution in [2.24, 2.45) is 0 Å². The Bertz CT molecular complexity index is 3220. The predicted molar refractivity (Wildman–Crippen MR) is 202 cm³/mol. The van der Waals surface area contributed by atoms with Gasteiger partial charge in [-0.3, -0.25) is 0 Å². The van der Waals surface area contributed by atoms with Gasteiger partial charge in [-0.25, -0.2) is 0 Å². The lowest BCUT2D eigenvalue weighted by Gasteiger charge is -2.23. The third-order valence-corrected chi connectivity index (χ3v) is 10.3. The van der Waals surface area contributed by atoms with E-state index >= 15 is 0 Å². The standard InChI is InChI=1S/C46H28S/c1-3-12-29(13-4-1)33-20-11-22-35-34(33)25-26-39-43(30-14-5-2-6-15-30)36-18-7-8-19-37(36)45(46(35)39)32-24-27-41-40(28-32)38-21-9-16-31-17-10-23-42(47-41)44(31)38/h1-28H/i1D,2D,3D,4D,5D,6D,12D,13D,14D,15D. The first-order valence-electron chi connectivity index (χ1n) is 20.4. The summed E-state index contributed by atoms with van der Waals surface area (Å²) in [6.45, 7) is 0. The second-order valence-electron chi connectivity index (χ2n) is 11.7. The van der Waals surface area contributed by atoms with Crippen LogP contribution < -0.4 is 0 Å². The van der Waals surface area contributed by atoms with Crippen LogP contribution in [0.4, 0.5) is 0 Å². The summed E-state index contributed by atoms with van der Waals surface area (Å²) in [5.41, 5.74) is 5.07. The summed E-state index contributed by atoms with van der Waals surface area (Å²) in [6.07, 6.45) is 0. The number of hydrogen-bond acceptors (Lipinski definition) is 1. The van der Waals surface area contributed by atoms with E-state index in [2.05, 4.69) is 54.6 Å². The largest absolute Gasteiger partial charge is 0.0888 e. The van der Waals surface area contributed by atoms with Crippen molar-refractivity contribution < 1.29 is 13.7 Å².